The molecule has 2 rings (SSSR count). The second-order valence-electron chi connectivity index (χ2n) is 3.72. The highest BCUT2D eigenvalue weighted by molar-refractivity contribution is 5.08. The zero-order valence-electron chi connectivity index (χ0n) is 6.51. The highest BCUT2D eigenvalue weighted by Gasteiger charge is 2.52. The fraction of sp³-hybridized carbons (Fsp3) is 1.00. The van der Waals surface area contributed by atoms with E-state index in [4.69, 9.17) is 5.73 Å². The van der Waals surface area contributed by atoms with Gasteiger partial charge in [-0.2, -0.15) is 0 Å². The quantitative estimate of drug-likeness (QED) is 0.551. The predicted octanol–water partition coefficient (Wildman–Crippen LogP) is 0.332. The molecular formula is C8H16N2. The van der Waals surface area contributed by atoms with Gasteiger partial charge in [-0.05, 0) is 38.1 Å². The van der Waals surface area contributed by atoms with E-state index in [-0.39, 0.29) is 0 Å². The lowest BCUT2D eigenvalue weighted by atomic mass is 10.1. The summed E-state index contributed by atoms with van der Waals surface area (Å²) in [6.45, 7) is 3.34. The topological polar surface area (TPSA) is 38.0 Å². The Kier molecular flexibility index (Phi) is 1.46. The van der Waals surface area contributed by atoms with Crippen molar-refractivity contribution >= 4 is 0 Å². The molecule has 1 saturated carbocycles. The van der Waals surface area contributed by atoms with Crippen molar-refractivity contribution in [3.63, 3.8) is 0 Å². The third-order valence-corrected chi connectivity index (χ3v) is 2.93. The van der Waals surface area contributed by atoms with Gasteiger partial charge in [-0.3, -0.25) is 0 Å². The van der Waals surface area contributed by atoms with Crippen molar-refractivity contribution in [1.29, 1.82) is 0 Å². The number of fused-ring (bicyclic) bond motifs is 1. The fourth-order valence-electron chi connectivity index (χ4n) is 2.38. The van der Waals surface area contributed by atoms with Crippen LogP contribution in [0.15, 0.2) is 0 Å². The van der Waals surface area contributed by atoms with Crippen molar-refractivity contribution in [2.75, 3.05) is 6.54 Å². The van der Waals surface area contributed by atoms with Gasteiger partial charge < -0.3 is 11.1 Å². The van der Waals surface area contributed by atoms with Gasteiger partial charge in [-0.1, -0.05) is 0 Å². The second kappa shape index (κ2) is 2.21. The fourth-order valence-corrected chi connectivity index (χ4v) is 2.38. The lowest BCUT2D eigenvalue weighted by molar-refractivity contribution is 0.504. The molecule has 2 fully saturated rings. The summed E-state index contributed by atoms with van der Waals surface area (Å²) in [4.78, 5) is 0. The molecule has 10 heavy (non-hydrogen) atoms. The van der Waals surface area contributed by atoms with Crippen LogP contribution >= 0.6 is 0 Å². The summed E-state index contributed by atoms with van der Waals surface area (Å²) in [6.07, 6.45) is 2.76. The van der Waals surface area contributed by atoms with Gasteiger partial charge >= 0.3 is 0 Å². The summed E-state index contributed by atoms with van der Waals surface area (Å²) >= 11 is 0. The monoisotopic (exact) mass is 140 g/mol. The Balaban J connectivity index is 1.93. The van der Waals surface area contributed by atoms with E-state index in [9.17, 15) is 0 Å². The van der Waals surface area contributed by atoms with Crippen LogP contribution in [0.4, 0.5) is 0 Å². The molecule has 2 aliphatic rings. The molecule has 0 radical (unpaired) electrons. The van der Waals surface area contributed by atoms with Crippen LogP contribution < -0.4 is 11.1 Å². The molecule has 1 heterocycles. The first-order valence-corrected chi connectivity index (χ1v) is 4.29. The van der Waals surface area contributed by atoms with Gasteiger partial charge in [0.1, 0.15) is 0 Å². The van der Waals surface area contributed by atoms with Crippen LogP contribution in [0.2, 0.25) is 0 Å². The zero-order chi connectivity index (χ0) is 7.14. The average molecular weight is 140 g/mol. The first-order chi connectivity index (χ1) is 4.80. The Morgan fingerprint density at radius 2 is 2.40 bits per heavy atom. The Bertz CT molecular complexity index is 121. The van der Waals surface area contributed by atoms with Crippen molar-refractivity contribution in [3.8, 4) is 0 Å². The minimum absolute atomic E-state index is 0.403. The summed E-state index contributed by atoms with van der Waals surface area (Å²) in [5.41, 5.74) is 5.82. The number of nitrogens with two attached hydrogens (primary N) is 1. The smallest absolute Gasteiger partial charge is 0.0145 e. The molecule has 2 unspecified atom stereocenters. The molecule has 0 amide bonds. The van der Waals surface area contributed by atoms with Crippen LogP contribution in [0.1, 0.15) is 19.8 Å². The number of hydrogen-bond donors (Lipinski definition) is 2. The molecule has 0 aromatic heterocycles. The van der Waals surface area contributed by atoms with Gasteiger partial charge in [0.05, 0.1) is 0 Å². The summed E-state index contributed by atoms with van der Waals surface area (Å²) in [7, 11) is 0. The molecule has 2 nitrogen and oxygen atoms in total. The average Bonchev–Trinajstić information content (AvgIpc) is 2.60. The second-order valence-corrected chi connectivity index (χ2v) is 3.72. The largest absolute Gasteiger partial charge is 0.328 e. The van der Waals surface area contributed by atoms with Crippen molar-refractivity contribution in [2.45, 2.75) is 31.8 Å². The number of rotatable bonds is 1. The maximum atomic E-state index is 5.82. The van der Waals surface area contributed by atoms with Crippen molar-refractivity contribution in [2.24, 2.45) is 17.6 Å². The lowest BCUT2D eigenvalue weighted by Crippen LogP contribution is -2.27. The van der Waals surface area contributed by atoms with Crippen LogP contribution in [0, 0.1) is 11.8 Å². The molecular weight excluding hydrogens is 124 g/mol. The minimum atomic E-state index is 0.403. The number of hydrogen-bond acceptors (Lipinski definition) is 2. The standard InChI is InChI=1S/C8H16N2/c1-5(9)7-6-3-2-4-10-8(6)7/h5-8,10H,2-4,9H2,1H3/t5?,6-,7?,8-/m1/s1. The molecule has 0 bridgehead atoms. The maximum absolute atomic E-state index is 5.82. The van der Waals surface area contributed by atoms with E-state index in [1.165, 1.54) is 19.4 Å². The van der Waals surface area contributed by atoms with E-state index < -0.39 is 0 Å². The molecule has 2 heteroatoms. The van der Waals surface area contributed by atoms with Crippen molar-refractivity contribution in [1.82, 2.24) is 5.32 Å². The Labute approximate surface area is 62.2 Å². The van der Waals surface area contributed by atoms with Gasteiger partial charge in [-0.25, -0.2) is 0 Å². The highest BCUT2D eigenvalue weighted by atomic mass is 15.0. The first-order valence-electron chi connectivity index (χ1n) is 4.29. The van der Waals surface area contributed by atoms with Gasteiger partial charge in [0, 0.05) is 12.1 Å². The summed E-state index contributed by atoms with van der Waals surface area (Å²) < 4.78 is 0. The Morgan fingerprint density at radius 3 is 2.90 bits per heavy atom. The van der Waals surface area contributed by atoms with E-state index >= 15 is 0 Å². The minimum Gasteiger partial charge on any atom is -0.328 e. The third-order valence-electron chi connectivity index (χ3n) is 2.93. The molecule has 0 spiro atoms. The van der Waals surface area contributed by atoms with Crippen molar-refractivity contribution < 1.29 is 0 Å². The molecule has 1 aliphatic carbocycles. The summed E-state index contributed by atoms with van der Waals surface area (Å²) in [5, 5.41) is 3.51. The molecule has 58 valence electrons. The van der Waals surface area contributed by atoms with Crippen LogP contribution in [-0.4, -0.2) is 18.6 Å². The highest BCUT2D eigenvalue weighted by Crippen LogP contribution is 2.46. The molecule has 0 aromatic carbocycles. The van der Waals surface area contributed by atoms with E-state index in [0.29, 0.717) is 6.04 Å². The van der Waals surface area contributed by atoms with Crippen LogP contribution in [0.3, 0.4) is 0 Å². The normalized spacial score (nSPS) is 48.0. The molecule has 0 aromatic rings. The van der Waals surface area contributed by atoms with Crippen LogP contribution in [0.5, 0.6) is 0 Å². The summed E-state index contributed by atoms with van der Waals surface area (Å²) in [6, 6.07) is 1.19. The Morgan fingerprint density at radius 1 is 1.60 bits per heavy atom. The molecule has 1 saturated heterocycles. The van der Waals surface area contributed by atoms with Crippen LogP contribution in [-0.2, 0) is 0 Å². The zero-order valence-corrected chi connectivity index (χ0v) is 6.51. The lowest BCUT2D eigenvalue weighted by Gasteiger charge is -2.08. The third kappa shape index (κ3) is 0.867. The van der Waals surface area contributed by atoms with Gasteiger partial charge in [0.2, 0.25) is 0 Å². The molecule has 1 aliphatic heterocycles. The van der Waals surface area contributed by atoms with E-state index in [2.05, 4.69) is 12.2 Å². The SMILES string of the molecule is CC(N)C1[C@H]2CCCN[C@@H]12. The Hall–Kier alpha value is -0.0800. The number of piperidine rings is 1. The van der Waals surface area contributed by atoms with Gasteiger partial charge in [-0.15, -0.1) is 0 Å². The van der Waals surface area contributed by atoms with Gasteiger partial charge in [0.15, 0.2) is 0 Å². The molecule has 4 atom stereocenters. The predicted molar refractivity (Wildman–Crippen MR) is 41.7 cm³/mol. The maximum Gasteiger partial charge on any atom is 0.0145 e. The number of nitrogens with one attached hydrogen (secondary N) is 1. The molecule has 3 N–H and O–H groups in total. The van der Waals surface area contributed by atoms with E-state index in [0.717, 1.165) is 17.9 Å². The van der Waals surface area contributed by atoms with E-state index in [1.54, 1.807) is 0 Å². The van der Waals surface area contributed by atoms with Gasteiger partial charge in [0.25, 0.3) is 0 Å². The van der Waals surface area contributed by atoms with E-state index in [1.807, 2.05) is 0 Å². The first kappa shape index (κ1) is 6.62. The van der Waals surface area contributed by atoms with Crippen molar-refractivity contribution in [3.05, 3.63) is 0 Å². The van der Waals surface area contributed by atoms with Crippen LogP contribution in [0.25, 0.3) is 0 Å². The summed E-state index contributed by atoms with van der Waals surface area (Å²) in [5.74, 6) is 1.72.